The highest BCUT2D eigenvalue weighted by Gasteiger charge is 2.31. The third-order valence-electron chi connectivity index (χ3n) is 6.80. The van der Waals surface area contributed by atoms with Crippen LogP contribution in [-0.4, -0.2) is 69.0 Å². The molecule has 0 saturated heterocycles. The molecule has 3 heterocycles. The van der Waals surface area contributed by atoms with Crippen LogP contribution in [0.5, 0.6) is 0 Å². The smallest absolute Gasteiger partial charge is 0.416 e. The lowest BCUT2D eigenvalue weighted by Crippen LogP contribution is -2.14. The summed E-state index contributed by atoms with van der Waals surface area (Å²) in [5.74, 6) is -0.445. The Kier molecular flexibility index (Phi) is 13.3. The molecule has 0 aliphatic carbocycles. The number of nitrogens with one attached hydrogen (secondary N) is 3. The monoisotopic (exact) mass is 778 g/mol. The van der Waals surface area contributed by atoms with Gasteiger partial charge in [-0.25, -0.2) is 24.7 Å². The SMILES string of the molecule is CCOC(=O)c1c(/C=C/N(C)C)nc(SC)nc1Nc1cccc(C(F)(F)F)c1.CSc1nc(Nc2cccc(C(F)(F)F)c2)c2c(=O)[nH]ccc2n1. The van der Waals surface area contributed by atoms with Gasteiger partial charge >= 0.3 is 18.3 Å². The number of H-pyrrole nitrogens is 1. The number of nitrogens with zero attached hydrogens (tertiary/aromatic N) is 5. The summed E-state index contributed by atoms with van der Waals surface area (Å²) in [6.45, 7) is 1.78. The molecule has 5 rings (SSSR count). The fourth-order valence-corrected chi connectivity index (χ4v) is 5.20. The second-order valence-electron chi connectivity index (χ2n) is 10.9. The predicted molar refractivity (Wildman–Crippen MR) is 194 cm³/mol. The highest BCUT2D eigenvalue weighted by molar-refractivity contribution is 7.98. The molecule has 0 unspecified atom stereocenters. The summed E-state index contributed by atoms with van der Waals surface area (Å²) in [5.41, 5.74) is -0.955. The van der Waals surface area contributed by atoms with E-state index in [1.54, 1.807) is 56.8 Å². The van der Waals surface area contributed by atoms with E-state index in [-0.39, 0.29) is 40.6 Å². The number of rotatable bonds is 10. The Hall–Kier alpha value is -5.30. The van der Waals surface area contributed by atoms with Crippen LogP contribution in [-0.2, 0) is 17.1 Å². The molecule has 3 aromatic heterocycles. The lowest BCUT2D eigenvalue weighted by molar-refractivity contribution is -0.138. The zero-order valence-corrected chi connectivity index (χ0v) is 30.3. The summed E-state index contributed by atoms with van der Waals surface area (Å²) in [4.78, 5) is 46.0. The Bertz CT molecular complexity index is 2160. The average molecular weight is 779 g/mol. The molecule has 2 aromatic carbocycles. The maximum Gasteiger partial charge on any atom is 0.416 e. The van der Waals surface area contributed by atoms with Crippen LogP contribution >= 0.6 is 23.5 Å². The molecule has 0 radical (unpaired) electrons. The summed E-state index contributed by atoms with van der Waals surface area (Å²) in [6, 6.07) is 11.0. The van der Waals surface area contributed by atoms with E-state index in [0.29, 0.717) is 21.5 Å². The molecule has 11 nitrogen and oxygen atoms in total. The number of benzene rings is 2. The molecule has 53 heavy (non-hydrogen) atoms. The standard InChI is InChI=1S/C19H21F3N4O2S.C15H11F3N4OS/c1-5-28-17(27)15-14(9-10-26(2)3)24-18(29-4)25-16(15)23-13-8-6-7-12(11-13)19(20,21)22;1-24-14-21-10-5-6-19-13(23)11(10)12(22-14)20-9-4-2-3-8(7-9)15(16,17)18/h6-11H,5H2,1-4H3,(H,23,24,25);2-7H,1H3,(H,19,23)(H,20,21,22)/b10-9+;. The first-order chi connectivity index (χ1) is 25.0. The first-order valence-electron chi connectivity index (χ1n) is 15.3. The Morgan fingerprint density at radius 3 is 1.92 bits per heavy atom. The molecule has 0 fully saturated rings. The third kappa shape index (κ3) is 10.9. The van der Waals surface area contributed by atoms with Crippen LogP contribution in [0, 0.1) is 0 Å². The highest BCUT2D eigenvalue weighted by atomic mass is 32.2. The second kappa shape index (κ2) is 17.5. The van der Waals surface area contributed by atoms with Crippen molar-refractivity contribution in [2.24, 2.45) is 0 Å². The molecule has 280 valence electrons. The normalized spacial score (nSPS) is 11.6. The largest absolute Gasteiger partial charge is 0.462 e. The van der Waals surface area contributed by atoms with Crippen LogP contribution in [0.15, 0.2) is 82.1 Å². The maximum atomic E-state index is 13.0. The number of carbonyl (C=O) groups is 1. The van der Waals surface area contributed by atoms with Crippen molar-refractivity contribution >= 4 is 69.5 Å². The molecule has 0 saturated carbocycles. The van der Waals surface area contributed by atoms with Crippen LogP contribution in [0.4, 0.5) is 49.4 Å². The molecule has 3 N–H and O–H groups in total. The number of anilines is 4. The number of ether oxygens (including phenoxy) is 1. The molecule has 0 aliphatic heterocycles. The average Bonchev–Trinajstić information content (AvgIpc) is 3.10. The van der Waals surface area contributed by atoms with Gasteiger partial charge in [-0.05, 0) is 68.0 Å². The molecule has 0 aliphatic rings. The van der Waals surface area contributed by atoms with Gasteiger partial charge in [-0.15, -0.1) is 0 Å². The summed E-state index contributed by atoms with van der Waals surface area (Å²) in [7, 11) is 3.61. The molecular weight excluding hydrogens is 747 g/mol. The first kappa shape index (κ1) is 40.5. The zero-order chi connectivity index (χ0) is 38.9. The number of pyridine rings is 1. The molecule has 5 aromatic rings. The van der Waals surface area contributed by atoms with Crippen molar-refractivity contribution in [3.63, 3.8) is 0 Å². The van der Waals surface area contributed by atoms with Gasteiger partial charge in [0.25, 0.3) is 5.56 Å². The van der Waals surface area contributed by atoms with Crippen LogP contribution in [0.2, 0.25) is 0 Å². The fraction of sp³-hybridized carbons (Fsp3) is 0.235. The van der Waals surface area contributed by atoms with Gasteiger partial charge in [0.15, 0.2) is 10.3 Å². The van der Waals surface area contributed by atoms with Crippen molar-refractivity contribution in [1.29, 1.82) is 0 Å². The van der Waals surface area contributed by atoms with E-state index in [1.807, 2.05) is 0 Å². The summed E-state index contributed by atoms with van der Waals surface area (Å²) in [5, 5.41) is 6.55. The molecule has 0 spiro atoms. The molecule has 19 heteroatoms. The van der Waals surface area contributed by atoms with Crippen molar-refractivity contribution in [3.05, 3.63) is 99.7 Å². The van der Waals surface area contributed by atoms with Gasteiger partial charge in [-0.2, -0.15) is 26.3 Å². The molecule has 0 amide bonds. The van der Waals surface area contributed by atoms with E-state index < -0.39 is 35.0 Å². The first-order valence-corrected chi connectivity index (χ1v) is 17.8. The zero-order valence-electron chi connectivity index (χ0n) is 28.7. The lowest BCUT2D eigenvalue weighted by Gasteiger charge is -2.15. The second-order valence-corrected chi connectivity index (χ2v) is 12.4. The minimum absolute atomic E-state index is 0.0418. The van der Waals surface area contributed by atoms with Crippen molar-refractivity contribution in [3.8, 4) is 0 Å². The number of carbonyl (C=O) groups excluding carboxylic acids is 1. The topological polar surface area (TPSA) is 138 Å². The number of aromatic amines is 1. The van der Waals surface area contributed by atoms with Crippen molar-refractivity contribution in [2.75, 3.05) is 43.8 Å². The Morgan fingerprint density at radius 1 is 0.849 bits per heavy atom. The van der Waals surface area contributed by atoms with Crippen molar-refractivity contribution < 1.29 is 35.9 Å². The minimum Gasteiger partial charge on any atom is -0.462 e. The number of fused-ring (bicyclic) bond motifs is 1. The summed E-state index contributed by atoms with van der Waals surface area (Å²) in [6.07, 6.45) is -0.649. The highest BCUT2D eigenvalue weighted by Crippen LogP contribution is 2.34. The number of hydrogen-bond donors (Lipinski definition) is 3. The van der Waals surface area contributed by atoms with Crippen molar-refractivity contribution in [1.82, 2.24) is 29.8 Å². The van der Waals surface area contributed by atoms with Gasteiger partial charge in [0, 0.05) is 37.9 Å². The third-order valence-corrected chi connectivity index (χ3v) is 7.89. The van der Waals surface area contributed by atoms with E-state index in [1.165, 1.54) is 54.0 Å². The quantitative estimate of drug-likeness (QED) is 0.0543. The van der Waals surface area contributed by atoms with Crippen molar-refractivity contribution in [2.45, 2.75) is 29.6 Å². The Labute approximate surface area is 307 Å². The number of aromatic nitrogens is 5. The maximum absolute atomic E-state index is 13.0. The van der Waals surface area contributed by atoms with Crippen LogP contribution in [0.3, 0.4) is 0 Å². The van der Waals surface area contributed by atoms with Crippen LogP contribution < -0.4 is 16.2 Å². The molecule has 0 bridgehead atoms. The van der Waals surface area contributed by atoms with E-state index >= 15 is 0 Å². The van der Waals surface area contributed by atoms with Gasteiger partial charge in [-0.1, -0.05) is 35.7 Å². The van der Waals surface area contributed by atoms with Gasteiger partial charge in [0.05, 0.1) is 28.9 Å². The minimum atomic E-state index is -4.49. The van der Waals surface area contributed by atoms with Gasteiger partial charge in [-0.3, -0.25) is 4.79 Å². The van der Waals surface area contributed by atoms with Gasteiger partial charge in [0.2, 0.25) is 0 Å². The Balaban J connectivity index is 0.000000240. The number of halogens is 6. The van der Waals surface area contributed by atoms with Crippen LogP contribution in [0.1, 0.15) is 34.1 Å². The van der Waals surface area contributed by atoms with E-state index in [0.717, 1.165) is 24.3 Å². The molecular formula is C34H32F6N8O3S2. The Morgan fingerprint density at radius 2 is 1.40 bits per heavy atom. The number of alkyl halides is 6. The van der Waals surface area contributed by atoms with Gasteiger partial charge in [0.1, 0.15) is 22.6 Å². The lowest BCUT2D eigenvalue weighted by atomic mass is 10.1. The van der Waals surface area contributed by atoms with Gasteiger partial charge < -0.3 is 25.3 Å². The molecule has 0 atom stereocenters. The van der Waals surface area contributed by atoms with Crippen LogP contribution in [0.25, 0.3) is 17.0 Å². The summed E-state index contributed by atoms with van der Waals surface area (Å²) >= 11 is 2.51. The predicted octanol–water partition coefficient (Wildman–Crippen LogP) is 8.47. The van der Waals surface area contributed by atoms with E-state index in [2.05, 4.69) is 35.6 Å². The van der Waals surface area contributed by atoms with E-state index in [4.69, 9.17) is 4.74 Å². The number of esters is 1. The number of thioether (sulfide) groups is 2. The summed E-state index contributed by atoms with van der Waals surface area (Å²) < 4.78 is 82.7. The fourth-order valence-electron chi connectivity index (χ4n) is 4.45. The number of hydrogen-bond acceptors (Lipinski definition) is 12. The van der Waals surface area contributed by atoms with E-state index in [9.17, 15) is 35.9 Å².